The lowest BCUT2D eigenvalue weighted by molar-refractivity contribution is 0.0711. The number of rotatable bonds is 8. The van der Waals surface area contributed by atoms with Crippen LogP contribution in [0.1, 0.15) is 42.7 Å². The monoisotopic (exact) mass is 475 g/mol. The van der Waals surface area contributed by atoms with Crippen LogP contribution < -0.4 is 5.73 Å². The van der Waals surface area contributed by atoms with E-state index in [-0.39, 0.29) is 0 Å². The minimum absolute atomic E-state index is 0.529. The Morgan fingerprint density at radius 2 is 1.97 bits per heavy atom. The van der Waals surface area contributed by atoms with Crippen molar-refractivity contribution in [3.8, 4) is 11.4 Å². The maximum Gasteiger partial charge on any atom is 0.0948 e. The summed E-state index contributed by atoms with van der Waals surface area (Å²) in [6.07, 6.45) is 11.6. The zero-order chi connectivity index (χ0) is 24.3. The van der Waals surface area contributed by atoms with Gasteiger partial charge in [-0.05, 0) is 86.7 Å². The number of aromatic nitrogens is 4. The minimum Gasteiger partial charge on any atom is -0.390 e. The standard InChI is InChI=1S/C27H30ClN5O/c1-27(2,34)9-6-21-12-18(8-11-31-21)4-5-19-14-25(26-16-30-17-33(26)3)32-24-15-23(28)20(7-10-29)13-22(19)24/h4-5,8,11-17,34H,6-7,9-10,29H2,1-3H3/b5-4+. The predicted molar refractivity (Wildman–Crippen MR) is 139 cm³/mol. The van der Waals surface area contributed by atoms with E-state index in [1.165, 1.54) is 0 Å². The molecule has 1 aromatic carbocycles. The number of benzene rings is 1. The normalized spacial score (nSPS) is 12.2. The number of halogens is 1. The number of pyridine rings is 2. The number of fused-ring (bicyclic) bond motifs is 1. The Labute approximate surface area is 205 Å². The van der Waals surface area contributed by atoms with Crippen LogP contribution in [0, 0.1) is 0 Å². The topological polar surface area (TPSA) is 89.8 Å². The molecule has 0 aliphatic carbocycles. The van der Waals surface area contributed by atoms with Gasteiger partial charge in [-0.15, -0.1) is 0 Å². The van der Waals surface area contributed by atoms with Gasteiger partial charge in [-0.3, -0.25) is 4.98 Å². The smallest absolute Gasteiger partial charge is 0.0948 e. The molecule has 7 heteroatoms. The third-order valence-corrected chi connectivity index (χ3v) is 6.14. The van der Waals surface area contributed by atoms with Gasteiger partial charge in [0.15, 0.2) is 0 Å². The molecule has 6 nitrogen and oxygen atoms in total. The lowest BCUT2D eigenvalue weighted by atomic mass is 10.00. The molecule has 0 radical (unpaired) electrons. The molecule has 0 bridgehead atoms. The van der Waals surface area contributed by atoms with Crippen LogP contribution in [0.25, 0.3) is 34.4 Å². The molecule has 0 unspecified atom stereocenters. The molecule has 4 rings (SSSR count). The van der Waals surface area contributed by atoms with Gasteiger partial charge in [-0.25, -0.2) is 9.97 Å². The van der Waals surface area contributed by atoms with Crippen molar-refractivity contribution in [3.63, 3.8) is 0 Å². The van der Waals surface area contributed by atoms with E-state index >= 15 is 0 Å². The Bertz CT molecular complexity index is 1340. The predicted octanol–water partition coefficient (Wildman–Crippen LogP) is 5.06. The van der Waals surface area contributed by atoms with Gasteiger partial charge in [0.05, 0.1) is 35.0 Å². The van der Waals surface area contributed by atoms with E-state index in [1.54, 1.807) is 6.33 Å². The molecular formula is C27H30ClN5O. The molecule has 0 fully saturated rings. The second-order valence-corrected chi connectivity index (χ2v) is 9.62. The molecule has 0 saturated carbocycles. The summed E-state index contributed by atoms with van der Waals surface area (Å²) in [5.41, 5.74) is 11.7. The van der Waals surface area contributed by atoms with Crippen molar-refractivity contribution in [2.75, 3.05) is 6.54 Å². The van der Waals surface area contributed by atoms with Crippen LogP contribution in [0.2, 0.25) is 5.02 Å². The van der Waals surface area contributed by atoms with Crippen molar-refractivity contribution in [1.29, 1.82) is 0 Å². The molecule has 34 heavy (non-hydrogen) atoms. The van der Waals surface area contributed by atoms with Gasteiger partial charge < -0.3 is 15.4 Å². The summed E-state index contributed by atoms with van der Waals surface area (Å²) in [6, 6.07) is 10.1. The van der Waals surface area contributed by atoms with Crippen LogP contribution in [-0.4, -0.2) is 36.8 Å². The van der Waals surface area contributed by atoms with Gasteiger partial charge in [0.25, 0.3) is 0 Å². The zero-order valence-corrected chi connectivity index (χ0v) is 20.5. The van der Waals surface area contributed by atoms with Gasteiger partial charge in [-0.1, -0.05) is 23.8 Å². The van der Waals surface area contributed by atoms with Crippen molar-refractivity contribution in [1.82, 2.24) is 19.5 Å². The Kier molecular flexibility index (Phi) is 7.12. The summed E-state index contributed by atoms with van der Waals surface area (Å²) in [6.45, 7) is 4.16. The summed E-state index contributed by atoms with van der Waals surface area (Å²) >= 11 is 6.54. The molecule has 0 spiro atoms. The van der Waals surface area contributed by atoms with Crippen LogP contribution in [-0.2, 0) is 19.9 Å². The maximum absolute atomic E-state index is 10.0. The zero-order valence-electron chi connectivity index (χ0n) is 19.8. The van der Waals surface area contributed by atoms with E-state index in [2.05, 4.69) is 40.3 Å². The maximum atomic E-state index is 10.0. The van der Waals surface area contributed by atoms with Crippen LogP contribution >= 0.6 is 11.6 Å². The Morgan fingerprint density at radius 1 is 1.15 bits per heavy atom. The number of hydrogen-bond acceptors (Lipinski definition) is 5. The molecule has 0 aliphatic rings. The number of imidazole rings is 1. The van der Waals surface area contributed by atoms with E-state index in [4.69, 9.17) is 22.3 Å². The summed E-state index contributed by atoms with van der Waals surface area (Å²) in [7, 11) is 1.95. The van der Waals surface area contributed by atoms with Crippen molar-refractivity contribution in [2.45, 2.75) is 38.7 Å². The van der Waals surface area contributed by atoms with Crippen molar-refractivity contribution < 1.29 is 5.11 Å². The molecule has 3 aromatic heterocycles. The van der Waals surface area contributed by atoms with E-state index in [1.807, 2.05) is 50.0 Å². The number of aliphatic hydroxyl groups is 1. The molecule has 4 aromatic rings. The summed E-state index contributed by atoms with van der Waals surface area (Å²) in [4.78, 5) is 13.6. The Balaban J connectivity index is 1.76. The van der Waals surface area contributed by atoms with Crippen molar-refractivity contribution in [2.24, 2.45) is 12.8 Å². The van der Waals surface area contributed by atoms with E-state index in [0.29, 0.717) is 24.4 Å². The number of nitrogens with zero attached hydrogens (tertiary/aromatic N) is 4. The quantitative estimate of drug-likeness (QED) is 0.372. The van der Waals surface area contributed by atoms with Crippen LogP contribution in [0.4, 0.5) is 0 Å². The first-order valence-corrected chi connectivity index (χ1v) is 11.8. The van der Waals surface area contributed by atoms with Crippen molar-refractivity contribution >= 4 is 34.7 Å². The molecule has 3 heterocycles. The van der Waals surface area contributed by atoms with E-state index in [0.717, 1.165) is 51.1 Å². The summed E-state index contributed by atoms with van der Waals surface area (Å²) < 4.78 is 1.95. The highest BCUT2D eigenvalue weighted by Gasteiger charge is 2.13. The summed E-state index contributed by atoms with van der Waals surface area (Å²) in [5.74, 6) is 0. The average molecular weight is 476 g/mol. The van der Waals surface area contributed by atoms with E-state index in [9.17, 15) is 5.11 Å². The molecule has 0 saturated heterocycles. The Hall–Kier alpha value is -3.06. The van der Waals surface area contributed by atoms with Crippen LogP contribution in [0.5, 0.6) is 0 Å². The summed E-state index contributed by atoms with van der Waals surface area (Å²) in [5, 5.41) is 11.7. The second-order valence-electron chi connectivity index (χ2n) is 9.21. The molecule has 3 N–H and O–H groups in total. The fourth-order valence-electron chi connectivity index (χ4n) is 3.90. The highest BCUT2D eigenvalue weighted by Crippen LogP contribution is 2.30. The van der Waals surface area contributed by atoms with Gasteiger partial charge in [0.1, 0.15) is 0 Å². The molecular weight excluding hydrogens is 446 g/mol. The van der Waals surface area contributed by atoms with Crippen LogP contribution in [0.15, 0.2) is 49.1 Å². The molecule has 0 amide bonds. The lowest BCUT2D eigenvalue weighted by Crippen LogP contribution is -2.19. The fourth-order valence-corrected chi connectivity index (χ4v) is 4.15. The highest BCUT2D eigenvalue weighted by molar-refractivity contribution is 6.32. The third-order valence-electron chi connectivity index (χ3n) is 5.79. The van der Waals surface area contributed by atoms with Crippen molar-refractivity contribution in [3.05, 3.63) is 76.5 Å². The van der Waals surface area contributed by atoms with Gasteiger partial charge in [0.2, 0.25) is 0 Å². The second kappa shape index (κ2) is 10.1. The third kappa shape index (κ3) is 5.70. The highest BCUT2D eigenvalue weighted by atomic mass is 35.5. The number of hydrogen-bond donors (Lipinski definition) is 2. The molecule has 0 aliphatic heterocycles. The Morgan fingerprint density at radius 3 is 2.68 bits per heavy atom. The lowest BCUT2D eigenvalue weighted by Gasteiger charge is -2.16. The first-order valence-electron chi connectivity index (χ1n) is 11.4. The fraction of sp³-hybridized carbons (Fsp3) is 0.296. The molecule has 0 atom stereocenters. The minimum atomic E-state index is -0.714. The largest absolute Gasteiger partial charge is 0.390 e. The SMILES string of the molecule is Cn1cncc1-c1cc(/C=C/c2ccnc(CCC(C)(C)O)c2)c2cc(CCN)c(Cl)cc2n1. The van der Waals surface area contributed by atoms with Gasteiger partial charge >= 0.3 is 0 Å². The van der Waals surface area contributed by atoms with Gasteiger partial charge in [0, 0.05) is 29.3 Å². The number of aryl methyl sites for hydroxylation is 2. The average Bonchev–Trinajstić information content (AvgIpc) is 3.22. The molecule has 176 valence electrons. The first-order chi connectivity index (χ1) is 16.2. The van der Waals surface area contributed by atoms with Crippen LogP contribution in [0.3, 0.4) is 0 Å². The van der Waals surface area contributed by atoms with Gasteiger partial charge in [-0.2, -0.15) is 0 Å². The first kappa shape index (κ1) is 24.1. The number of nitrogens with two attached hydrogens (primary N) is 1. The van der Waals surface area contributed by atoms with E-state index < -0.39 is 5.60 Å².